The number of fused-ring (bicyclic) bond motifs is 22. The molecule has 0 radical (unpaired) electrons. The molecule has 1 aromatic heterocycles. The zero-order valence-electron chi connectivity index (χ0n) is 33.5. The van der Waals surface area contributed by atoms with E-state index in [-0.39, 0.29) is 5.41 Å². The van der Waals surface area contributed by atoms with Crippen molar-refractivity contribution in [1.29, 1.82) is 0 Å². The van der Waals surface area contributed by atoms with Gasteiger partial charge in [-0.3, -0.25) is 0 Å². The maximum atomic E-state index is 2.58. The summed E-state index contributed by atoms with van der Waals surface area (Å²) in [5.41, 5.74) is 24.3. The quantitative estimate of drug-likeness (QED) is 0.157. The molecule has 0 amide bonds. The Balaban J connectivity index is 1.09. The van der Waals surface area contributed by atoms with Gasteiger partial charge in [0.25, 0.3) is 0 Å². The number of hydrogen-bond acceptors (Lipinski definition) is 0. The van der Waals surface area contributed by atoms with E-state index in [1.807, 2.05) is 0 Å². The summed E-state index contributed by atoms with van der Waals surface area (Å²) in [6, 6.07) is 76.6. The SMILES string of the molecule is CC1(C)c2ccccc2-c2ccc(-n3c4ccccc4c4cc5c(cc43)-c3ccccc3C53c4ccccc4C4(c5ccccc5-c5ccccc54)c4ccccc43)cc21. The van der Waals surface area contributed by atoms with E-state index in [2.05, 4.69) is 219 Å². The molecule has 1 nitrogen and oxygen atoms in total. The summed E-state index contributed by atoms with van der Waals surface area (Å²) < 4.78 is 2.53. The Kier molecular flexibility index (Phi) is 6.04. The molecule has 280 valence electrons. The predicted molar refractivity (Wildman–Crippen MR) is 247 cm³/mol. The largest absolute Gasteiger partial charge is 0.309 e. The Morgan fingerprint density at radius 2 is 0.700 bits per heavy atom. The molecular formula is C59H39N. The molecule has 0 aliphatic heterocycles. The maximum Gasteiger partial charge on any atom is 0.0720 e. The molecule has 0 saturated heterocycles. The fraction of sp³-hybridized carbons (Fsp3) is 0.0847. The molecule has 0 atom stereocenters. The van der Waals surface area contributed by atoms with Crippen molar-refractivity contribution < 1.29 is 0 Å². The van der Waals surface area contributed by atoms with Crippen molar-refractivity contribution in [3.8, 4) is 39.1 Å². The first-order valence-corrected chi connectivity index (χ1v) is 21.4. The number of aromatic nitrogens is 1. The molecule has 14 rings (SSSR count). The van der Waals surface area contributed by atoms with E-state index < -0.39 is 10.8 Å². The Bertz CT molecular complexity index is 3440. The molecule has 1 heteroatoms. The van der Waals surface area contributed by atoms with Crippen LogP contribution in [0, 0.1) is 0 Å². The standard InChI is InChI=1S/C59H39N/c1-57(2)45-22-8-3-17-37(45)41-32-31-36(33-53(41)57)60-55-30-16-7-21-42(55)44-34-54-43(35-56(44)60)40-20-6-11-25-48(40)59(54)51-28-14-12-26-49(51)58(50-27-13-15-29-52(50)59)46-23-9-4-18-38(46)39-19-5-10-24-47(39)58/h3-35H,1-2H3. The van der Waals surface area contributed by atoms with Gasteiger partial charge < -0.3 is 4.57 Å². The van der Waals surface area contributed by atoms with E-state index in [4.69, 9.17) is 0 Å². The van der Waals surface area contributed by atoms with Crippen LogP contribution in [0.1, 0.15) is 69.5 Å². The molecule has 1 heterocycles. The predicted octanol–water partition coefficient (Wildman–Crippen LogP) is 14.1. The molecule has 0 saturated carbocycles. The van der Waals surface area contributed by atoms with Gasteiger partial charge in [-0.15, -0.1) is 0 Å². The van der Waals surface area contributed by atoms with Crippen molar-refractivity contribution in [2.24, 2.45) is 0 Å². The van der Waals surface area contributed by atoms with Gasteiger partial charge in [0.1, 0.15) is 0 Å². The highest BCUT2D eigenvalue weighted by Crippen LogP contribution is 2.67. The average molecular weight is 762 g/mol. The first-order valence-electron chi connectivity index (χ1n) is 21.4. The van der Waals surface area contributed by atoms with E-state index in [0.29, 0.717) is 0 Å². The highest BCUT2D eigenvalue weighted by molar-refractivity contribution is 6.12. The lowest BCUT2D eigenvalue weighted by molar-refractivity contribution is 0.633. The van der Waals surface area contributed by atoms with Gasteiger partial charge in [0.05, 0.1) is 21.9 Å². The Morgan fingerprint density at radius 1 is 0.283 bits per heavy atom. The first-order chi connectivity index (χ1) is 29.5. The number of benzene rings is 9. The lowest BCUT2D eigenvalue weighted by atomic mass is 9.52. The van der Waals surface area contributed by atoms with Gasteiger partial charge in [-0.2, -0.15) is 0 Å². The van der Waals surface area contributed by atoms with Crippen molar-refractivity contribution >= 4 is 21.8 Å². The van der Waals surface area contributed by atoms with Gasteiger partial charge in [0.15, 0.2) is 0 Å². The van der Waals surface area contributed by atoms with Gasteiger partial charge in [-0.05, 0) is 119 Å². The fourth-order valence-corrected chi connectivity index (χ4v) is 12.8. The van der Waals surface area contributed by atoms with Gasteiger partial charge >= 0.3 is 0 Å². The lowest BCUT2D eigenvalue weighted by Gasteiger charge is -2.48. The van der Waals surface area contributed by atoms with E-state index in [1.165, 1.54) is 117 Å². The molecule has 4 aliphatic rings. The van der Waals surface area contributed by atoms with Crippen molar-refractivity contribution in [1.82, 2.24) is 4.57 Å². The Morgan fingerprint density at radius 3 is 1.27 bits per heavy atom. The zero-order valence-corrected chi connectivity index (χ0v) is 33.5. The van der Waals surface area contributed by atoms with Gasteiger partial charge in [0, 0.05) is 21.9 Å². The average Bonchev–Trinajstić information content (AvgIpc) is 3.96. The van der Waals surface area contributed by atoms with Crippen LogP contribution in [0.15, 0.2) is 200 Å². The van der Waals surface area contributed by atoms with Crippen LogP contribution in [-0.4, -0.2) is 4.57 Å². The van der Waals surface area contributed by atoms with E-state index in [1.54, 1.807) is 0 Å². The van der Waals surface area contributed by atoms with Gasteiger partial charge in [0.2, 0.25) is 0 Å². The third-order valence-electron chi connectivity index (χ3n) is 15.1. The lowest BCUT2D eigenvalue weighted by Crippen LogP contribution is -2.43. The monoisotopic (exact) mass is 761 g/mol. The Labute approximate surface area is 349 Å². The minimum absolute atomic E-state index is 0.0905. The number of rotatable bonds is 1. The van der Waals surface area contributed by atoms with Crippen LogP contribution in [0.2, 0.25) is 0 Å². The summed E-state index contributed by atoms with van der Waals surface area (Å²) in [4.78, 5) is 0. The molecular weight excluding hydrogens is 723 g/mol. The topological polar surface area (TPSA) is 4.93 Å². The van der Waals surface area contributed by atoms with Crippen LogP contribution in [0.4, 0.5) is 0 Å². The number of nitrogens with zero attached hydrogens (tertiary/aromatic N) is 1. The van der Waals surface area contributed by atoms with Crippen LogP contribution in [0.3, 0.4) is 0 Å². The van der Waals surface area contributed by atoms with Gasteiger partial charge in [-0.1, -0.05) is 184 Å². The maximum absolute atomic E-state index is 2.58. The second kappa shape index (κ2) is 11.1. The summed E-state index contributed by atoms with van der Waals surface area (Å²) in [7, 11) is 0. The van der Waals surface area contributed by atoms with Crippen LogP contribution in [0.5, 0.6) is 0 Å². The molecule has 2 spiro atoms. The van der Waals surface area contributed by atoms with Crippen molar-refractivity contribution in [2.45, 2.75) is 30.1 Å². The molecule has 0 bridgehead atoms. The normalized spacial score (nSPS) is 15.9. The van der Waals surface area contributed by atoms with E-state index >= 15 is 0 Å². The van der Waals surface area contributed by atoms with Crippen LogP contribution in [0.25, 0.3) is 60.9 Å². The zero-order chi connectivity index (χ0) is 39.5. The van der Waals surface area contributed by atoms with Crippen LogP contribution < -0.4 is 0 Å². The van der Waals surface area contributed by atoms with Crippen LogP contribution in [-0.2, 0) is 16.2 Å². The summed E-state index contributed by atoms with van der Waals surface area (Å²) in [5.74, 6) is 0. The second-order valence-electron chi connectivity index (χ2n) is 17.9. The highest BCUT2D eigenvalue weighted by atomic mass is 15.0. The summed E-state index contributed by atoms with van der Waals surface area (Å²) in [6.07, 6.45) is 0. The third kappa shape index (κ3) is 3.61. The molecule has 9 aromatic carbocycles. The van der Waals surface area contributed by atoms with Crippen molar-refractivity contribution in [2.75, 3.05) is 0 Å². The van der Waals surface area contributed by atoms with E-state index in [9.17, 15) is 0 Å². The van der Waals surface area contributed by atoms with E-state index in [0.717, 1.165) is 0 Å². The smallest absolute Gasteiger partial charge is 0.0720 e. The molecule has 0 unspecified atom stereocenters. The molecule has 10 aromatic rings. The summed E-state index contributed by atoms with van der Waals surface area (Å²) in [5, 5.41) is 2.56. The molecule has 60 heavy (non-hydrogen) atoms. The van der Waals surface area contributed by atoms with Crippen LogP contribution >= 0.6 is 0 Å². The summed E-state index contributed by atoms with van der Waals surface area (Å²) in [6.45, 7) is 4.76. The number of para-hydroxylation sites is 1. The Hall–Kier alpha value is -7.22. The first kappa shape index (κ1) is 32.7. The molecule has 0 N–H and O–H groups in total. The molecule has 4 aliphatic carbocycles. The van der Waals surface area contributed by atoms with Gasteiger partial charge in [-0.25, -0.2) is 0 Å². The minimum Gasteiger partial charge on any atom is -0.309 e. The van der Waals surface area contributed by atoms with Crippen molar-refractivity contribution in [3.63, 3.8) is 0 Å². The third-order valence-corrected chi connectivity index (χ3v) is 15.1. The fourth-order valence-electron chi connectivity index (χ4n) is 12.8. The minimum atomic E-state index is -0.530. The molecule has 0 fully saturated rings. The summed E-state index contributed by atoms with van der Waals surface area (Å²) >= 11 is 0. The number of hydrogen-bond donors (Lipinski definition) is 0. The second-order valence-corrected chi connectivity index (χ2v) is 17.9. The highest BCUT2D eigenvalue weighted by Gasteiger charge is 2.59. The van der Waals surface area contributed by atoms with Crippen molar-refractivity contribution in [3.05, 3.63) is 256 Å².